The lowest BCUT2D eigenvalue weighted by molar-refractivity contribution is -0.169. The van der Waals surface area contributed by atoms with Crippen molar-refractivity contribution in [1.29, 1.82) is 0 Å². The number of aliphatic hydroxyl groups excluding tert-OH is 1. The van der Waals surface area contributed by atoms with Crippen molar-refractivity contribution in [2.45, 2.75) is 46.3 Å². The summed E-state index contributed by atoms with van der Waals surface area (Å²) in [5.74, 6) is -0.408. The molecule has 2 amide bonds. The number of likely N-dealkylation sites (tertiary alicyclic amines) is 1. The Labute approximate surface area is 176 Å². The van der Waals surface area contributed by atoms with E-state index in [1.54, 1.807) is 0 Å². The fourth-order valence-electron chi connectivity index (χ4n) is 5.75. The van der Waals surface area contributed by atoms with Crippen molar-refractivity contribution in [3.05, 3.63) is 48.5 Å². The van der Waals surface area contributed by atoms with Gasteiger partial charge in [-0.15, -0.1) is 0 Å². The molecule has 3 aromatic rings. The molecule has 30 heavy (non-hydrogen) atoms. The number of aliphatic hydroxyl groups is 1. The summed E-state index contributed by atoms with van der Waals surface area (Å²) in [7, 11) is 0. The van der Waals surface area contributed by atoms with Gasteiger partial charge in [0.2, 0.25) is 11.8 Å². The Bertz CT molecular complexity index is 1120. The van der Waals surface area contributed by atoms with E-state index in [1.807, 2.05) is 57.2 Å². The van der Waals surface area contributed by atoms with Crippen LogP contribution in [-0.2, 0) is 16.1 Å². The number of fused-ring (bicyclic) bond motifs is 5. The van der Waals surface area contributed by atoms with Crippen molar-refractivity contribution in [3.63, 3.8) is 0 Å². The fraction of sp³-hybridized carbons (Fsp3) is 0.440. The zero-order chi connectivity index (χ0) is 21.3. The Kier molecular flexibility index (Phi) is 4.13. The molecule has 2 heterocycles. The Morgan fingerprint density at radius 3 is 2.13 bits per heavy atom. The Morgan fingerprint density at radius 2 is 1.53 bits per heavy atom. The topological polar surface area (TPSA) is 62.5 Å². The van der Waals surface area contributed by atoms with Crippen molar-refractivity contribution in [2.24, 2.45) is 16.7 Å². The van der Waals surface area contributed by atoms with Crippen molar-refractivity contribution >= 4 is 33.6 Å². The van der Waals surface area contributed by atoms with E-state index < -0.39 is 11.5 Å². The first-order valence-corrected chi connectivity index (χ1v) is 10.8. The quantitative estimate of drug-likeness (QED) is 0.670. The summed E-state index contributed by atoms with van der Waals surface area (Å²) in [4.78, 5) is 27.7. The summed E-state index contributed by atoms with van der Waals surface area (Å²) in [6.45, 7) is 6.42. The monoisotopic (exact) mass is 404 g/mol. The van der Waals surface area contributed by atoms with E-state index in [-0.39, 0.29) is 29.7 Å². The number of hydrogen-bond donors (Lipinski definition) is 1. The maximum Gasteiger partial charge on any atom is 0.235 e. The molecule has 2 aliphatic rings. The number of benzene rings is 2. The van der Waals surface area contributed by atoms with Gasteiger partial charge in [0.05, 0.1) is 24.6 Å². The van der Waals surface area contributed by atoms with Crippen LogP contribution in [0, 0.1) is 16.7 Å². The first-order chi connectivity index (χ1) is 14.3. The minimum absolute atomic E-state index is 0.0423. The number of amides is 2. The Morgan fingerprint density at radius 1 is 0.967 bits per heavy atom. The molecule has 1 aliphatic carbocycles. The third kappa shape index (κ3) is 2.45. The fourth-order valence-corrected chi connectivity index (χ4v) is 5.75. The summed E-state index contributed by atoms with van der Waals surface area (Å²) in [6, 6.07) is 16.3. The number of β-amino-alcohol motifs (C(OH)–C–C–N with tert-alkyl or cyclic N) is 1. The van der Waals surface area contributed by atoms with Gasteiger partial charge in [-0.25, -0.2) is 0 Å². The number of carbonyl (C=O) groups excluding carboxylic acids is 2. The van der Waals surface area contributed by atoms with Crippen LogP contribution >= 0.6 is 0 Å². The second-order valence-electron chi connectivity index (χ2n) is 9.70. The molecule has 1 N–H and O–H groups in total. The summed E-state index contributed by atoms with van der Waals surface area (Å²) < 4.78 is 2.09. The van der Waals surface area contributed by atoms with E-state index in [1.165, 1.54) is 4.90 Å². The van der Waals surface area contributed by atoms with Crippen LogP contribution in [0.25, 0.3) is 21.8 Å². The standard InChI is InChI=1S/C25H28N2O3/c1-24(2)19-12-13-25(24,3)23(30)27(22(19)29)15-16(28)14-26-20-10-6-4-8-17(20)18-9-5-7-11-21(18)26/h4-11,16,19,28H,12-15H2,1-3H3/t16-,19+,25-/m0/s1. The van der Waals surface area contributed by atoms with Gasteiger partial charge in [-0.3, -0.25) is 14.5 Å². The van der Waals surface area contributed by atoms with Crippen molar-refractivity contribution in [1.82, 2.24) is 9.47 Å². The zero-order valence-corrected chi connectivity index (χ0v) is 17.8. The molecule has 5 rings (SSSR count). The van der Waals surface area contributed by atoms with Gasteiger partial charge in [-0.05, 0) is 30.4 Å². The molecule has 0 unspecified atom stereocenters. The van der Waals surface area contributed by atoms with Crippen LogP contribution in [0.15, 0.2) is 48.5 Å². The van der Waals surface area contributed by atoms with Gasteiger partial charge < -0.3 is 9.67 Å². The summed E-state index contributed by atoms with van der Waals surface area (Å²) >= 11 is 0. The molecule has 0 spiro atoms. The van der Waals surface area contributed by atoms with Gasteiger partial charge in [0, 0.05) is 27.7 Å². The van der Waals surface area contributed by atoms with Gasteiger partial charge in [-0.2, -0.15) is 0 Å². The minimum atomic E-state index is -0.832. The normalized spacial score (nSPS) is 26.7. The predicted molar refractivity (Wildman–Crippen MR) is 117 cm³/mol. The van der Waals surface area contributed by atoms with E-state index in [9.17, 15) is 14.7 Å². The molecule has 1 saturated carbocycles. The number of para-hydroxylation sites is 2. The zero-order valence-electron chi connectivity index (χ0n) is 17.8. The van der Waals surface area contributed by atoms with Gasteiger partial charge in [0.25, 0.3) is 0 Å². The minimum Gasteiger partial charge on any atom is -0.389 e. The van der Waals surface area contributed by atoms with Gasteiger partial charge in [0.15, 0.2) is 0 Å². The molecule has 2 aromatic carbocycles. The molecular weight excluding hydrogens is 376 g/mol. The summed E-state index contributed by atoms with van der Waals surface area (Å²) in [6.07, 6.45) is 0.642. The van der Waals surface area contributed by atoms with Crippen LogP contribution in [-0.4, -0.2) is 39.0 Å². The van der Waals surface area contributed by atoms with Crippen LogP contribution < -0.4 is 0 Å². The highest BCUT2D eigenvalue weighted by molar-refractivity contribution is 6.08. The summed E-state index contributed by atoms with van der Waals surface area (Å²) in [5, 5.41) is 13.2. The second kappa shape index (κ2) is 6.42. The van der Waals surface area contributed by atoms with E-state index >= 15 is 0 Å². The molecule has 1 aliphatic heterocycles. The number of piperidine rings is 1. The molecular formula is C25H28N2O3. The molecule has 2 bridgehead atoms. The number of carbonyl (C=O) groups is 2. The number of aromatic nitrogens is 1. The van der Waals surface area contributed by atoms with E-state index in [4.69, 9.17) is 0 Å². The predicted octanol–water partition coefficient (Wildman–Crippen LogP) is 3.97. The SMILES string of the molecule is CC1(C)[C@@H]2CC[C@@]1(C)C(=O)N(C[C@@H](O)Cn1c3ccccc3c3ccccc31)C2=O. The lowest BCUT2D eigenvalue weighted by Gasteiger charge is -2.48. The van der Waals surface area contributed by atoms with Crippen LogP contribution in [0.1, 0.15) is 33.6 Å². The average Bonchev–Trinajstić information content (AvgIpc) is 3.14. The third-order valence-corrected chi connectivity index (χ3v) is 7.97. The van der Waals surface area contributed by atoms with Crippen LogP contribution in [0.5, 0.6) is 0 Å². The summed E-state index contributed by atoms with van der Waals surface area (Å²) in [5.41, 5.74) is 1.21. The van der Waals surface area contributed by atoms with Gasteiger partial charge in [0.1, 0.15) is 0 Å². The average molecular weight is 405 g/mol. The first kappa shape index (κ1) is 19.3. The van der Waals surface area contributed by atoms with Crippen LogP contribution in [0.4, 0.5) is 0 Å². The van der Waals surface area contributed by atoms with Crippen molar-refractivity contribution in [2.75, 3.05) is 6.54 Å². The van der Waals surface area contributed by atoms with Crippen LogP contribution in [0.3, 0.4) is 0 Å². The third-order valence-electron chi connectivity index (χ3n) is 7.97. The molecule has 3 atom stereocenters. The first-order valence-electron chi connectivity index (χ1n) is 10.8. The number of nitrogens with zero attached hydrogens (tertiary/aromatic N) is 2. The number of imide groups is 1. The molecule has 156 valence electrons. The lowest BCUT2D eigenvalue weighted by atomic mass is 9.62. The van der Waals surface area contributed by atoms with Crippen LogP contribution in [0.2, 0.25) is 0 Å². The Balaban J connectivity index is 1.45. The molecule has 2 fully saturated rings. The van der Waals surface area contributed by atoms with E-state index in [0.29, 0.717) is 6.54 Å². The maximum atomic E-state index is 13.3. The number of rotatable bonds is 4. The van der Waals surface area contributed by atoms with Gasteiger partial charge >= 0.3 is 0 Å². The molecule has 0 radical (unpaired) electrons. The number of hydrogen-bond acceptors (Lipinski definition) is 3. The largest absolute Gasteiger partial charge is 0.389 e. The van der Waals surface area contributed by atoms with Gasteiger partial charge in [-0.1, -0.05) is 57.2 Å². The van der Waals surface area contributed by atoms with E-state index in [2.05, 4.69) is 16.7 Å². The highest BCUT2D eigenvalue weighted by Crippen LogP contribution is 2.60. The van der Waals surface area contributed by atoms with Crippen molar-refractivity contribution in [3.8, 4) is 0 Å². The highest BCUT2D eigenvalue weighted by Gasteiger charge is 2.64. The maximum absolute atomic E-state index is 13.3. The van der Waals surface area contributed by atoms with E-state index in [0.717, 1.165) is 34.6 Å². The molecule has 1 saturated heterocycles. The second-order valence-corrected chi connectivity index (χ2v) is 9.70. The smallest absolute Gasteiger partial charge is 0.235 e. The van der Waals surface area contributed by atoms with Crippen molar-refractivity contribution < 1.29 is 14.7 Å². The highest BCUT2D eigenvalue weighted by atomic mass is 16.3. The molecule has 5 heteroatoms. The Hall–Kier alpha value is -2.66. The molecule has 5 nitrogen and oxygen atoms in total. The lowest BCUT2D eigenvalue weighted by Crippen LogP contribution is -2.60. The molecule has 1 aromatic heterocycles.